The third kappa shape index (κ3) is 4.95. The molecule has 4 amide bonds. The van der Waals surface area contributed by atoms with Gasteiger partial charge in [0.15, 0.2) is 21.2 Å². The highest BCUT2D eigenvalue weighted by molar-refractivity contribution is 6.58. The number of nitrogens with zero attached hydrogens (tertiary/aromatic N) is 2. The van der Waals surface area contributed by atoms with Crippen LogP contribution in [0.5, 0.6) is 11.5 Å². The Labute approximate surface area is 299 Å². The minimum absolute atomic E-state index is 0.0720. The molecule has 4 aliphatic rings. The summed E-state index contributed by atoms with van der Waals surface area (Å²) in [4.78, 5) is 52.9. The van der Waals surface area contributed by atoms with Gasteiger partial charge in [0, 0.05) is 11.5 Å². The monoisotopic (exact) mass is 770 g/mol. The molecule has 0 spiro atoms. The van der Waals surface area contributed by atoms with Crippen molar-refractivity contribution in [2.45, 2.75) is 40.9 Å². The van der Waals surface area contributed by atoms with Crippen LogP contribution in [0.3, 0.4) is 0 Å². The lowest BCUT2D eigenvalue weighted by Gasteiger charge is -2.50. The third-order valence-electron chi connectivity index (χ3n) is 10.3. The van der Waals surface area contributed by atoms with Crippen molar-refractivity contribution in [1.82, 2.24) is 0 Å². The predicted octanol–water partition coefficient (Wildman–Crippen LogP) is 7.35. The number of benzene rings is 3. The van der Waals surface area contributed by atoms with Crippen molar-refractivity contribution in [2.75, 3.05) is 16.9 Å². The first-order chi connectivity index (χ1) is 24.3. The van der Waals surface area contributed by atoms with Crippen LogP contribution in [0.2, 0.25) is 0 Å². The molecule has 1 N–H and O–H groups in total. The van der Waals surface area contributed by atoms with Crippen molar-refractivity contribution in [3.8, 4) is 11.5 Å². The molecule has 6 atom stereocenters. The number of para-hydroxylation sites is 1. The number of carbonyl (C=O) groups is 4. The van der Waals surface area contributed by atoms with Gasteiger partial charge in [0.25, 0.3) is 11.8 Å². The number of phenols is 1. The average molecular weight is 771 g/mol. The molecule has 1 saturated carbocycles. The Hall–Kier alpha value is -4.63. The highest BCUT2D eigenvalue weighted by atomic mass is 35.5. The molecule has 3 fully saturated rings. The first-order valence-electron chi connectivity index (χ1n) is 15.5. The Kier molecular flexibility index (Phi) is 8.04. The molecule has 3 aromatic carbocycles. The van der Waals surface area contributed by atoms with Crippen LogP contribution < -0.4 is 14.5 Å². The molecule has 0 radical (unpaired) electrons. The van der Waals surface area contributed by atoms with E-state index in [1.807, 2.05) is 0 Å². The van der Waals surface area contributed by atoms with E-state index < -0.39 is 104 Å². The van der Waals surface area contributed by atoms with Crippen LogP contribution in [-0.2, 0) is 31.5 Å². The molecule has 272 valence electrons. The molecule has 2 heterocycles. The van der Waals surface area contributed by atoms with Gasteiger partial charge in [0.05, 0.1) is 41.4 Å². The normalized spacial score (nSPS) is 28.8. The highest BCUT2D eigenvalue weighted by Crippen LogP contribution is 2.67. The lowest BCUT2D eigenvalue weighted by molar-refractivity contribution is -0.143. The van der Waals surface area contributed by atoms with E-state index >= 15 is 0 Å². The number of halogens is 9. The van der Waals surface area contributed by atoms with Crippen LogP contribution in [0.25, 0.3) is 0 Å². The zero-order valence-electron chi connectivity index (χ0n) is 26.4. The number of carbonyl (C=O) groups excluding carboxylic acids is 4. The summed E-state index contributed by atoms with van der Waals surface area (Å²) in [6.45, 7) is 0. The van der Waals surface area contributed by atoms with E-state index in [-0.39, 0.29) is 52.1 Å². The van der Waals surface area contributed by atoms with Crippen molar-refractivity contribution in [3.63, 3.8) is 0 Å². The third-order valence-corrected chi connectivity index (χ3v) is 11.7. The molecule has 52 heavy (non-hydrogen) atoms. The van der Waals surface area contributed by atoms with E-state index in [2.05, 4.69) is 0 Å². The van der Waals surface area contributed by atoms with Crippen LogP contribution in [0, 0.1) is 23.6 Å². The second-order valence-electron chi connectivity index (χ2n) is 12.9. The maximum atomic E-state index is 14.4. The van der Waals surface area contributed by atoms with E-state index in [0.717, 1.165) is 24.3 Å². The van der Waals surface area contributed by atoms with Crippen LogP contribution in [-0.4, -0.2) is 45.6 Å². The Bertz CT molecular complexity index is 2070. The first kappa shape index (κ1) is 35.8. The fourth-order valence-corrected chi connectivity index (χ4v) is 8.93. The fourth-order valence-electron chi connectivity index (χ4n) is 8.00. The van der Waals surface area contributed by atoms with Gasteiger partial charge in [-0.05, 0) is 67.3 Å². The van der Waals surface area contributed by atoms with Gasteiger partial charge in [-0.2, -0.15) is 26.3 Å². The number of phenolic OH excluding ortho intramolecular Hbond substituents is 1. The van der Waals surface area contributed by atoms with Crippen LogP contribution in [0.4, 0.5) is 42.1 Å². The molecule has 0 unspecified atom stereocenters. The molecule has 2 aliphatic carbocycles. The molecular formula is C35H23Cl2F7N2O6. The van der Waals surface area contributed by atoms with Gasteiger partial charge in [0.2, 0.25) is 11.8 Å². The summed E-state index contributed by atoms with van der Waals surface area (Å²) in [5.41, 5.74) is -4.48. The zero-order chi connectivity index (χ0) is 37.9. The SMILES string of the molecule is COc1cccc([C@H]2C3=CC[C@@H]4C(=O)N(c5cc(C(F)(F)F)cc(C(F)(F)F)c5)C(=O)[C@@H]4[C@@H]3C[C@@]3(Cl)C(=O)N(c4ccc(F)cc4)C(=O)[C@@]23Cl)c1O. The molecule has 2 aliphatic heterocycles. The van der Waals surface area contributed by atoms with Crippen molar-refractivity contribution in [2.24, 2.45) is 17.8 Å². The number of anilines is 2. The van der Waals surface area contributed by atoms with Crippen molar-refractivity contribution in [1.29, 1.82) is 0 Å². The van der Waals surface area contributed by atoms with Gasteiger partial charge < -0.3 is 9.84 Å². The van der Waals surface area contributed by atoms with Crippen LogP contribution in [0.15, 0.2) is 72.3 Å². The molecule has 2 saturated heterocycles. The number of amides is 4. The standard InChI is InChI=1S/C35H23Cl2F7N2O6/c1-52-24-4-2-3-22(27(24)47)26-20-9-10-21-25(29(49)45(28(21)48)19-12-15(34(39,40)41)11-16(13-19)35(42,43)44)23(20)14-32(36)30(50)46(31(51)33(26,32)37)18-7-5-17(38)6-8-18/h2-9,11-13,21,23,25-26,47H,10,14H2,1H3/t21-,23+,25-,26+,32+,33-/m0/s1. The zero-order valence-corrected chi connectivity index (χ0v) is 27.9. The maximum Gasteiger partial charge on any atom is 0.416 e. The van der Waals surface area contributed by atoms with Gasteiger partial charge in [-0.25, -0.2) is 14.2 Å². The number of aromatic hydroxyl groups is 1. The lowest BCUT2D eigenvalue weighted by atomic mass is 9.56. The molecule has 0 aromatic heterocycles. The lowest BCUT2D eigenvalue weighted by Crippen LogP contribution is -2.60. The van der Waals surface area contributed by atoms with Crippen molar-refractivity contribution in [3.05, 3.63) is 94.8 Å². The predicted molar refractivity (Wildman–Crippen MR) is 170 cm³/mol. The van der Waals surface area contributed by atoms with E-state index in [9.17, 15) is 55.0 Å². The van der Waals surface area contributed by atoms with E-state index in [1.54, 1.807) is 0 Å². The van der Waals surface area contributed by atoms with Gasteiger partial charge in [0.1, 0.15) is 5.82 Å². The number of ether oxygens (including phenoxy) is 1. The average Bonchev–Trinajstić information content (AvgIpc) is 3.42. The number of hydrogen-bond acceptors (Lipinski definition) is 6. The van der Waals surface area contributed by atoms with E-state index in [1.165, 1.54) is 31.4 Å². The minimum Gasteiger partial charge on any atom is -0.504 e. The fraction of sp³-hybridized carbons (Fsp3) is 0.314. The number of rotatable bonds is 4. The molecular weight excluding hydrogens is 748 g/mol. The Morgan fingerprint density at radius 2 is 1.42 bits per heavy atom. The summed E-state index contributed by atoms with van der Waals surface area (Å²) < 4.78 is 102. The van der Waals surface area contributed by atoms with Crippen molar-refractivity contribution < 1.29 is 59.8 Å². The number of hydrogen-bond donors (Lipinski definition) is 1. The van der Waals surface area contributed by atoms with Crippen molar-refractivity contribution >= 4 is 58.2 Å². The first-order valence-corrected chi connectivity index (χ1v) is 16.3. The molecule has 0 bridgehead atoms. The Balaban J connectivity index is 1.40. The molecule has 7 rings (SSSR count). The number of alkyl halides is 8. The van der Waals surface area contributed by atoms with Gasteiger partial charge in [-0.1, -0.05) is 23.8 Å². The highest BCUT2D eigenvalue weighted by Gasteiger charge is 2.77. The van der Waals surface area contributed by atoms with Gasteiger partial charge >= 0.3 is 12.4 Å². The number of allylic oxidation sites excluding steroid dienone is 2. The maximum absolute atomic E-state index is 14.4. The summed E-state index contributed by atoms with van der Waals surface area (Å²) in [6, 6.07) is 8.80. The largest absolute Gasteiger partial charge is 0.504 e. The number of imide groups is 2. The topological polar surface area (TPSA) is 104 Å². The summed E-state index contributed by atoms with van der Waals surface area (Å²) in [7, 11) is 1.24. The van der Waals surface area contributed by atoms with E-state index in [0.29, 0.717) is 4.90 Å². The Morgan fingerprint density at radius 3 is 2.00 bits per heavy atom. The van der Waals surface area contributed by atoms with Gasteiger partial charge in [-0.15, -0.1) is 23.2 Å². The quantitative estimate of drug-likeness (QED) is 0.129. The van der Waals surface area contributed by atoms with Gasteiger partial charge in [-0.3, -0.25) is 19.2 Å². The summed E-state index contributed by atoms with van der Waals surface area (Å²) in [5, 5.41) is 11.4. The van der Waals surface area contributed by atoms with Crippen LogP contribution >= 0.6 is 23.2 Å². The summed E-state index contributed by atoms with van der Waals surface area (Å²) in [6.07, 6.45) is -9.98. The number of fused-ring (bicyclic) bond motifs is 4. The Morgan fingerprint density at radius 1 is 0.808 bits per heavy atom. The second kappa shape index (κ2) is 11.7. The molecule has 17 heteroatoms. The van der Waals surface area contributed by atoms with E-state index in [4.69, 9.17) is 27.9 Å². The minimum atomic E-state index is -5.28. The van der Waals surface area contributed by atoms with Crippen LogP contribution in [0.1, 0.15) is 35.4 Å². The summed E-state index contributed by atoms with van der Waals surface area (Å²) in [5.74, 6) is -11.3. The summed E-state index contributed by atoms with van der Waals surface area (Å²) >= 11 is 14.5. The molecule has 8 nitrogen and oxygen atoms in total. The molecule has 3 aromatic rings. The smallest absolute Gasteiger partial charge is 0.416 e. The number of methoxy groups -OCH3 is 1. The second-order valence-corrected chi connectivity index (χ2v) is 14.2.